The fourth-order valence-electron chi connectivity index (χ4n) is 3.02. The van der Waals surface area contributed by atoms with E-state index in [-0.39, 0.29) is 0 Å². The van der Waals surface area contributed by atoms with Crippen LogP contribution in [0.4, 0.5) is 0 Å². The van der Waals surface area contributed by atoms with Crippen LogP contribution in [0.25, 0.3) is 16.9 Å². The monoisotopic (exact) mass is 433 g/mol. The van der Waals surface area contributed by atoms with Gasteiger partial charge in [0.25, 0.3) is 6.47 Å². The molecule has 7 nitrogen and oxygen atoms in total. The summed E-state index contributed by atoms with van der Waals surface area (Å²) in [4.78, 5) is 12.5. The van der Waals surface area contributed by atoms with Crippen LogP contribution in [-0.4, -0.2) is 35.7 Å². The molecule has 0 radical (unpaired) electrons. The van der Waals surface area contributed by atoms with Crippen LogP contribution in [0.1, 0.15) is 0 Å². The number of aromatic nitrogens is 3. The van der Waals surface area contributed by atoms with Gasteiger partial charge in [0.1, 0.15) is 28.6 Å². The standard InChI is InChI=1S/C23H19N3O4S/c1-28-17-9-12-22(29-2)21(13-17)26-14-20(24-25-26)19-5-3-4-6-23(19)31-18-10-7-16(8-11-18)30-15-27/h3-15H,1-2H3. The molecule has 31 heavy (non-hydrogen) atoms. The number of methoxy groups -OCH3 is 2. The van der Waals surface area contributed by atoms with Gasteiger partial charge in [0.05, 0.1) is 20.4 Å². The Morgan fingerprint density at radius 1 is 0.935 bits per heavy atom. The van der Waals surface area contributed by atoms with Crippen LogP contribution in [0, 0.1) is 0 Å². The molecule has 1 aromatic heterocycles. The molecule has 1 heterocycles. The van der Waals surface area contributed by atoms with Crippen LogP contribution >= 0.6 is 11.8 Å². The fraction of sp³-hybridized carbons (Fsp3) is 0.0870. The zero-order valence-electron chi connectivity index (χ0n) is 16.9. The summed E-state index contributed by atoms with van der Waals surface area (Å²) >= 11 is 1.59. The molecule has 156 valence electrons. The molecule has 0 aliphatic heterocycles. The molecule has 0 N–H and O–H groups in total. The van der Waals surface area contributed by atoms with Crippen LogP contribution in [0.5, 0.6) is 17.2 Å². The van der Waals surface area contributed by atoms with E-state index in [0.29, 0.717) is 23.7 Å². The maximum Gasteiger partial charge on any atom is 0.298 e. The molecule has 0 bridgehead atoms. The molecule has 0 unspecified atom stereocenters. The lowest BCUT2D eigenvalue weighted by Crippen LogP contribution is -1.99. The lowest BCUT2D eigenvalue weighted by molar-refractivity contribution is -0.120. The van der Waals surface area contributed by atoms with E-state index in [1.807, 2.05) is 60.8 Å². The van der Waals surface area contributed by atoms with Gasteiger partial charge >= 0.3 is 0 Å². The van der Waals surface area contributed by atoms with Crippen molar-refractivity contribution in [2.24, 2.45) is 0 Å². The first-order chi connectivity index (χ1) is 15.2. The van der Waals surface area contributed by atoms with Crippen LogP contribution < -0.4 is 14.2 Å². The minimum atomic E-state index is 0.415. The zero-order valence-corrected chi connectivity index (χ0v) is 17.7. The highest BCUT2D eigenvalue weighted by molar-refractivity contribution is 7.99. The number of hydrogen-bond donors (Lipinski definition) is 0. The third-order valence-corrected chi connectivity index (χ3v) is 5.61. The summed E-state index contributed by atoms with van der Waals surface area (Å²) in [5, 5.41) is 8.68. The topological polar surface area (TPSA) is 75.5 Å². The van der Waals surface area contributed by atoms with Gasteiger partial charge in [-0.3, -0.25) is 4.79 Å². The lowest BCUT2D eigenvalue weighted by atomic mass is 10.2. The summed E-state index contributed by atoms with van der Waals surface area (Å²) in [5.41, 5.74) is 2.42. The first kappa shape index (κ1) is 20.5. The van der Waals surface area contributed by atoms with E-state index in [9.17, 15) is 4.79 Å². The molecule has 3 aromatic carbocycles. The maximum absolute atomic E-state index is 10.5. The van der Waals surface area contributed by atoms with E-state index in [0.717, 1.165) is 26.7 Å². The van der Waals surface area contributed by atoms with Crippen molar-refractivity contribution in [1.82, 2.24) is 15.0 Å². The van der Waals surface area contributed by atoms with Crippen molar-refractivity contribution >= 4 is 18.2 Å². The molecule has 0 fully saturated rings. The lowest BCUT2D eigenvalue weighted by Gasteiger charge is -2.09. The first-order valence-electron chi connectivity index (χ1n) is 9.34. The summed E-state index contributed by atoms with van der Waals surface area (Å²) in [6.45, 7) is 0.415. The number of hydrogen-bond acceptors (Lipinski definition) is 7. The molecule has 4 rings (SSSR count). The second-order valence-corrected chi connectivity index (χ2v) is 7.49. The molecule has 4 aromatic rings. The van der Waals surface area contributed by atoms with Gasteiger partial charge in [-0.15, -0.1) is 5.10 Å². The molecule has 0 aliphatic rings. The normalized spacial score (nSPS) is 10.5. The molecule has 0 atom stereocenters. The van der Waals surface area contributed by atoms with E-state index in [1.165, 1.54) is 0 Å². The Kier molecular flexibility index (Phi) is 6.18. The van der Waals surface area contributed by atoms with Gasteiger partial charge in [0.15, 0.2) is 0 Å². The smallest absolute Gasteiger partial charge is 0.298 e. The highest BCUT2D eigenvalue weighted by Crippen LogP contribution is 2.36. The number of rotatable bonds is 8. The molecule has 0 aliphatic carbocycles. The first-order valence-corrected chi connectivity index (χ1v) is 10.2. The maximum atomic E-state index is 10.5. The van der Waals surface area contributed by atoms with E-state index >= 15 is 0 Å². The average Bonchev–Trinajstić information content (AvgIpc) is 3.30. The van der Waals surface area contributed by atoms with Gasteiger partial charge in [-0.05, 0) is 42.5 Å². The Morgan fingerprint density at radius 2 is 1.71 bits per heavy atom. The van der Waals surface area contributed by atoms with Crippen LogP contribution in [0.3, 0.4) is 0 Å². The van der Waals surface area contributed by atoms with Crippen molar-refractivity contribution in [1.29, 1.82) is 0 Å². The van der Waals surface area contributed by atoms with Crippen LogP contribution in [0.15, 0.2) is 82.7 Å². The Morgan fingerprint density at radius 3 is 2.45 bits per heavy atom. The number of carbonyl (C=O) groups excluding carboxylic acids is 1. The van der Waals surface area contributed by atoms with E-state index in [2.05, 4.69) is 10.3 Å². The molecule has 0 amide bonds. The van der Waals surface area contributed by atoms with Gasteiger partial charge in [-0.1, -0.05) is 35.2 Å². The predicted octanol–water partition coefficient (Wildman–Crippen LogP) is 4.64. The molecule has 0 saturated heterocycles. The summed E-state index contributed by atoms with van der Waals surface area (Å²) < 4.78 is 17.3. The number of ether oxygens (including phenoxy) is 3. The third-order valence-electron chi connectivity index (χ3n) is 4.52. The van der Waals surface area contributed by atoms with E-state index in [1.54, 1.807) is 42.8 Å². The number of carbonyl (C=O) groups is 1. The molecule has 0 saturated carbocycles. The number of nitrogens with zero attached hydrogens (tertiary/aromatic N) is 3. The van der Waals surface area contributed by atoms with E-state index in [4.69, 9.17) is 14.2 Å². The third kappa shape index (κ3) is 4.54. The highest BCUT2D eigenvalue weighted by atomic mass is 32.2. The Balaban J connectivity index is 1.65. The fourth-order valence-corrected chi connectivity index (χ4v) is 3.97. The van der Waals surface area contributed by atoms with Crippen LogP contribution in [-0.2, 0) is 4.79 Å². The summed E-state index contributed by atoms with van der Waals surface area (Å²) in [6.07, 6.45) is 1.86. The Hall–Kier alpha value is -3.78. The van der Waals surface area contributed by atoms with Gasteiger partial charge in [0, 0.05) is 21.4 Å². The molecular weight excluding hydrogens is 414 g/mol. The van der Waals surface area contributed by atoms with Gasteiger partial charge < -0.3 is 14.2 Å². The summed E-state index contributed by atoms with van der Waals surface area (Å²) in [6, 6.07) is 20.8. The van der Waals surface area contributed by atoms with Gasteiger partial charge in [-0.2, -0.15) is 0 Å². The van der Waals surface area contributed by atoms with Crippen molar-refractivity contribution in [3.8, 4) is 34.2 Å². The second-order valence-electron chi connectivity index (χ2n) is 6.37. The van der Waals surface area contributed by atoms with Gasteiger partial charge in [0.2, 0.25) is 0 Å². The minimum Gasteiger partial charge on any atom is -0.497 e. The van der Waals surface area contributed by atoms with Crippen molar-refractivity contribution in [3.05, 3.63) is 72.9 Å². The van der Waals surface area contributed by atoms with Crippen LogP contribution in [0.2, 0.25) is 0 Å². The van der Waals surface area contributed by atoms with Crippen molar-refractivity contribution in [2.45, 2.75) is 9.79 Å². The van der Waals surface area contributed by atoms with Crippen molar-refractivity contribution in [2.75, 3.05) is 14.2 Å². The SMILES string of the molecule is COc1ccc(OC)c(-n2cc(-c3ccccc3Sc3ccc(OC=O)cc3)nn2)c1. The summed E-state index contributed by atoms with van der Waals surface area (Å²) in [5.74, 6) is 1.87. The summed E-state index contributed by atoms with van der Waals surface area (Å²) in [7, 11) is 3.23. The van der Waals surface area contributed by atoms with Crippen molar-refractivity contribution < 1.29 is 19.0 Å². The Bertz CT molecular complexity index is 1190. The highest BCUT2D eigenvalue weighted by Gasteiger charge is 2.14. The largest absolute Gasteiger partial charge is 0.497 e. The minimum absolute atomic E-state index is 0.415. The zero-order chi connectivity index (χ0) is 21.6. The van der Waals surface area contributed by atoms with E-state index < -0.39 is 0 Å². The predicted molar refractivity (Wildman–Crippen MR) is 117 cm³/mol. The molecular formula is C23H19N3O4S. The molecule has 8 heteroatoms. The quantitative estimate of drug-likeness (QED) is 0.375. The molecule has 0 spiro atoms. The average molecular weight is 433 g/mol. The van der Waals surface area contributed by atoms with Crippen molar-refractivity contribution in [3.63, 3.8) is 0 Å². The second kappa shape index (κ2) is 9.36. The van der Waals surface area contributed by atoms with Gasteiger partial charge in [-0.25, -0.2) is 4.68 Å². The Labute approximate surface area is 183 Å². The number of benzene rings is 3.